The van der Waals surface area contributed by atoms with Gasteiger partial charge in [0, 0.05) is 0 Å². The molecule has 84 valence electrons. The summed E-state index contributed by atoms with van der Waals surface area (Å²) in [6.07, 6.45) is -2.53. The molecule has 2 aromatic carbocycles. The van der Waals surface area contributed by atoms with Crippen molar-refractivity contribution in [3.8, 4) is 0 Å². The highest BCUT2D eigenvalue weighted by atomic mass is 19.3. The van der Waals surface area contributed by atoms with Crippen molar-refractivity contribution in [2.24, 2.45) is 5.84 Å². The van der Waals surface area contributed by atoms with E-state index in [0.29, 0.717) is 5.56 Å². The molecule has 3 N–H and O–H groups in total. The third kappa shape index (κ3) is 1.89. The summed E-state index contributed by atoms with van der Waals surface area (Å²) in [5.41, 5.74) is 2.68. The molecule has 2 nitrogen and oxygen atoms in total. The number of fused-ring (bicyclic) bond motifs is 1. The van der Waals surface area contributed by atoms with Crippen LogP contribution in [0.3, 0.4) is 0 Å². The maximum Gasteiger partial charge on any atom is 0.259 e. The molecule has 2 aromatic rings. The lowest BCUT2D eigenvalue weighted by Crippen LogP contribution is -2.33. The fourth-order valence-electron chi connectivity index (χ4n) is 1.82. The molecule has 0 bridgehead atoms. The molecule has 0 amide bonds. The number of rotatable bonds is 3. The van der Waals surface area contributed by atoms with E-state index in [1.807, 2.05) is 30.3 Å². The van der Waals surface area contributed by atoms with Gasteiger partial charge in [-0.15, -0.1) is 0 Å². The lowest BCUT2D eigenvalue weighted by atomic mass is 9.99. The Morgan fingerprint density at radius 1 is 1.00 bits per heavy atom. The van der Waals surface area contributed by atoms with Crippen molar-refractivity contribution >= 4 is 10.8 Å². The van der Waals surface area contributed by atoms with Crippen molar-refractivity contribution in [3.63, 3.8) is 0 Å². The molecule has 0 saturated carbocycles. The molecular weight excluding hydrogens is 210 g/mol. The van der Waals surface area contributed by atoms with Crippen molar-refractivity contribution in [3.05, 3.63) is 48.0 Å². The Bertz CT molecular complexity index is 480. The molecule has 0 fully saturated rings. The monoisotopic (exact) mass is 222 g/mol. The SMILES string of the molecule is NNC(c1cccc2ccccc12)C(F)F. The maximum atomic E-state index is 12.8. The maximum absolute atomic E-state index is 12.8. The summed E-state index contributed by atoms with van der Waals surface area (Å²) in [5.74, 6) is 5.17. The molecule has 0 heterocycles. The van der Waals surface area contributed by atoms with Crippen LogP contribution in [0.5, 0.6) is 0 Å². The van der Waals surface area contributed by atoms with Crippen molar-refractivity contribution in [1.29, 1.82) is 0 Å². The van der Waals surface area contributed by atoms with E-state index in [2.05, 4.69) is 5.43 Å². The second-order valence-electron chi connectivity index (χ2n) is 3.55. The summed E-state index contributed by atoms with van der Waals surface area (Å²) in [5, 5.41) is 1.73. The summed E-state index contributed by atoms with van der Waals surface area (Å²) in [6, 6.07) is 11.6. The van der Waals surface area contributed by atoms with Gasteiger partial charge in [0.25, 0.3) is 6.43 Å². The van der Waals surface area contributed by atoms with Crippen molar-refractivity contribution in [2.45, 2.75) is 12.5 Å². The van der Waals surface area contributed by atoms with Gasteiger partial charge in [0.2, 0.25) is 0 Å². The molecular formula is C12H12F2N2. The van der Waals surface area contributed by atoms with Crippen LogP contribution < -0.4 is 11.3 Å². The Balaban J connectivity index is 2.59. The van der Waals surface area contributed by atoms with Gasteiger partial charge >= 0.3 is 0 Å². The number of hydrazine groups is 1. The average Bonchev–Trinajstić information content (AvgIpc) is 2.30. The number of alkyl halides is 2. The van der Waals surface area contributed by atoms with E-state index in [-0.39, 0.29) is 0 Å². The zero-order valence-electron chi connectivity index (χ0n) is 8.53. The quantitative estimate of drug-likeness (QED) is 0.618. The molecule has 0 aliphatic heterocycles. The average molecular weight is 222 g/mol. The van der Waals surface area contributed by atoms with Gasteiger partial charge in [-0.25, -0.2) is 14.2 Å². The highest BCUT2D eigenvalue weighted by molar-refractivity contribution is 5.86. The van der Waals surface area contributed by atoms with Crippen LogP contribution in [0.25, 0.3) is 10.8 Å². The second-order valence-corrected chi connectivity index (χ2v) is 3.55. The van der Waals surface area contributed by atoms with Crippen molar-refractivity contribution < 1.29 is 8.78 Å². The highest BCUT2D eigenvalue weighted by Gasteiger charge is 2.22. The number of hydrogen-bond donors (Lipinski definition) is 2. The zero-order chi connectivity index (χ0) is 11.5. The van der Waals surface area contributed by atoms with Gasteiger partial charge in [-0.05, 0) is 16.3 Å². The molecule has 1 atom stereocenters. The highest BCUT2D eigenvalue weighted by Crippen LogP contribution is 2.27. The molecule has 0 aliphatic rings. The predicted octanol–water partition coefficient (Wildman–Crippen LogP) is 2.61. The molecule has 0 aromatic heterocycles. The van der Waals surface area contributed by atoms with Gasteiger partial charge in [0.15, 0.2) is 0 Å². The van der Waals surface area contributed by atoms with E-state index in [1.54, 1.807) is 12.1 Å². The zero-order valence-corrected chi connectivity index (χ0v) is 8.53. The molecule has 4 heteroatoms. The van der Waals surface area contributed by atoms with E-state index in [9.17, 15) is 8.78 Å². The smallest absolute Gasteiger partial charge is 0.259 e. The first kappa shape index (κ1) is 11.0. The topological polar surface area (TPSA) is 38.0 Å². The first-order chi connectivity index (χ1) is 7.74. The van der Waals surface area contributed by atoms with Crippen LogP contribution in [0.1, 0.15) is 11.6 Å². The molecule has 0 spiro atoms. The van der Waals surface area contributed by atoms with Gasteiger partial charge in [0.05, 0.1) is 0 Å². The van der Waals surface area contributed by atoms with Crippen LogP contribution in [0.2, 0.25) is 0 Å². The van der Waals surface area contributed by atoms with Crippen LogP contribution in [0, 0.1) is 0 Å². The normalized spacial score (nSPS) is 13.2. The number of nitrogens with two attached hydrogens (primary N) is 1. The molecule has 0 radical (unpaired) electrons. The van der Waals surface area contributed by atoms with Crippen molar-refractivity contribution in [1.82, 2.24) is 5.43 Å². The van der Waals surface area contributed by atoms with Crippen molar-refractivity contribution in [2.75, 3.05) is 0 Å². The first-order valence-electron chi connectivity index (χ1n) is 4.96. The molecule has 16 heavy (non-hydrogen) atoms. The number of hydrogen-bond acceptors (Lipinski definition) is 2. The molecule has 1 unspecified atom stereocenters. The lowest BCUT2D eigenvalue weighted by Gasteiger charge is -2.17. The molecule has 0 saturated heterocycles. The minimum absolute atomic E-state index is 0.524. The minimum Gasteiger partial charge on any atom is -0.271 e. The fraction of sp³-hybridized carbons (Fsp3) is 0.167. The predicted molar refractivity (Wildman–Crippen MR) is 60.0 cm³/mol. The largest absolute Gasteiger partial charge is 0.271 e. The first-order valence-corrected chi connectivity index (χ1v) is 4.96. The van der Waals surface area contributed by atoms with Crippen LogP contribution in [-0.2, 0) is 0 Å². The van der Waals surface area contributed by atoms with Gasteiger partial charge in [0.1, 0.15) is 6.04 Å². The number of halogens is 2. The van der Waals surface area contributed by atoms with E-state index in [1.165, 1.54) is 0 Å². The van der Waals surface area contributed by atoms with Crippen LogP contribution in [0.4, 0.5) is 8.78 Å². The van der Waals surface area contributed by atoms with Gasteiger partial charge < -0.3 is 0 Å². The number of nitrogens with one attached hydrogen (secondary N) is 1. The summed E-state index contributed by atoms with van der Waals surface area (Å²) in [7, 11) is 0. The summed E-state index contributed by atoms with van der Waals surface area (Å²) in [4.78, 5) is 0. The van der Waals surface area contributed by atoms with Gasteiger partial charge in [-0.2, -0.15) is 0 Å². The van der Waals surface area contributed by atoms with Crippen LogP contribution >= 0.6 is 0 Å². The Kier molecular flexibility index (Phi) is 3.12. The summed E-state index contributed by atoms with van der Waals surface area (Å²) >= 11 is 0. The minimum atomic E-state index is -2.53. The van der Waals surface area contributed by atoms with Crippen LogP contribution in [0.15, 0.2) is 42.5 Å². The van der Waals surface area contributed by atoms with E-state index in [0.717, 1.165) is 10.8 Å². The third-order valence-corrected chi connectivity index (χ3v) is 2.59. The second kappa shape index (κ2) is 4.55. The van der Waals surface area contributed by atoms with Crippen LogP contribution in [-0.4, -0.2) is 6.43 Å². The Hall–Kier alpha value is -1.52. The standard InChI is InChI=1S/C12H12F2N2/c13-12(14)11(16-15)10-7-3-5-8-4-1-2-6-9(8)10/h1-7,11-12,16H,15H2. The molecule has 2 rings (SSSR count). The Labute approximate surface area is 92.0 Å². The Morgan fingerprint density at radius 2 is 1.69 bits per heavy atom. The van der Waals surface area contributed by atoms with E-state index < -0.39 is 12.5 Å². The fourth-order valence-corrected chi connectivity index (χ4v) is 1.82. The Morgan fingerprint density at radius 3 is 2.38 bits per heavy atom. The molecule has 0 aliphatic carbocycles. The summed E-state index contributed by atoms with van der Waals surface area (Å²) < 4.78 is 25.5. The van der Waals surface area contributed by atoms with E-state index >= 15 is 0 Å². The van der Waals surface area contributed by atoms with E-state index in [4.69, 9.17) is 5.84 Å². The van der Waals surface area contributed by atoms with Gasteiger partial charge in [-0.3, -0.25) is 5.84 Å². The third-order valence-electron chi connectivity index (χ3n) is 2.59. The lowest BCUT2D eigenvalue weighted by molar-refractivity contribution is 0.0992. The summed E-state index contributed by atoms with van der Waals surface area (Å²) in [6.45, 7) is 0. The van der Waals surface area contributed by atoms with Gasteiger partial charge in [-0.1, -0.05) is 42.5 Å². The number of benzene rings is 2.